The van der Waals surface area contributed by atoms with E-state index in [0.717, 1.165) is 21.0 Å². The van der Waals surface area contributed by atoms with Crippen LogP contribution < -0.4 is 21.9 Å². The summed E-state index contributed by atoms with van der Waals surface area (Å²) in [5, 5.41) is 9.73. The van der Waals surface area contributed by atoms with Crippen molar-refractivity contribution in [1.29, 1.82) is 0 Å². The fourth-order valence-electron chi connectivity index (χ4n) is 2.91. The van der Waals surface area contributed by atoms with E-state index in [2.05, 4.69) is 15.7 Å². The summed E-state index contributed by atoms with van der Waals surface area (Å²) in [4.78, 5) is 49.0. The Bertz CT molecular complexity index is 1290. The maximum atomic E-state index is 12.7. The van der Waals surface area contributed by atoms with Crippen molar-refractivity contribution in [3.63, 3.8) is 0 Å². The average molecular weight is 476 g/mol. The van der Waals surface area contributed by atoms with E-state index in [9.17, 15) is 19.2 Å². The van der Waals surface area contributed by atoms with E-state index >= 15 is 0 Å². The van der Waals surface area contributed by atoms with Crippen molar-refractivity contribution < 1.29 is 9.59 Å². The van der Waals surface area contributed by atoms with Crippen LogP contribution in [-0.2, 0) is 17.8 Å². The Kier molecular flexibility index (Phi) is 7.45. The van der Waals surface area contributed by atoms with Gasteiger partial charge in [0, 0.05) is 18.6 Å². The number of aromatic nitrogens is 3. The highest BCUT2D eigenvalue weighted by molar-refractivity contribution is 6.34. The fraction of sp³-hybridized carbons (Fsp3) is 0.190. The van der Waals surface area contributed by atoms with Crippen molar-refractivity contribution in [3.05, 3.63) is 90.7 Å². The molecule has 32 heavy (non-hydrogen) atoms. The Morgan fingerprint density at radius 3 is 2.53 bits per heavy atom. The van der Waals surface area contributed by atoms with Crippen molar-refractivity contribution in [3.8, 4) is 5.69 Å². The molecule has 0 radical (unpaired) electrons. The zero-order valence-electron chi connectivity index (χ0n) is 17.0. The number of carbonyl (C=O) groups excluding carboxylic acids is 2. The summed E-state index contributed by atoms with van der Waals surface area (Å²) >= 11 is 12.3. The molecule has 1 aromatic heterocycles. The van der Waals surface area contributed by atoms with Gasteiger partial charge in [0.25, 0.3) is 11.5 Å². The summed E-state index contributed by atoms with van der Waals surface area (Å²) < 4.78 is 1.66. The normalized spacial score (nSPS) is 10.6. The first-order valence-electron chi connectivity index (χ1n) is 9.53. The Morgan fingerprint density at radius 1 is 1.06 bits per heavy atom. The SMILES string of the molecule is CNC(=O)Cn1c(=O)cnn(-c2ccc(Cl)c(C(=O)NCCc3ccccc3Cl)c2)c1=O. The third kappa shape index (κ3) is 5.24. The number of benzene rings is 2. The monoisotopic (exact) mass is 475 g/mol. The van der Waals surface area contributed by atoms with E-state index in [-0.39, 0.29) is 16.3 Å². The largest absolute Gasteiger partial charge is 0.358 e. The maximum absolute atomic E-state index is 12.7. The van der Waals surface area contributed by atoms with Crippen LogP contribution in [0.25, 0.3) is 5.69 Å². The molecule has 11 heteroatoms. The van der Waals surface area contributed by atoms with Crippen LogP contribution in [-0.4, -0.2) is 39.8 Å². The molecule has 3 aromatic rings. The first-order chi connectivity index (χ1) is 15.3. The molecule has 2 aromatic carbocycles. The summed E-state index contributed by atoms with van der Waals surface area (Å²) in [6.07, 6.45) is 1.44. The molecule has 0 saturated carbocycles. The number of amides is 2. The Morgan fingerprint density at radius 2 is 1.81 bits per heavy atom. The topological polar surface area (TPSA) is 115 Å². The molecular formula is C21H19Cl2N5O4. The molecule has 0 saturated heterocycles. The lowest BCUT2D eigenvalue weighted by Crippen LogP contribution is -2.43. The van der Waals surface area contributed by atoms with Gasteiger partial charge in [-0.2, -0.15) is 9.78 Å². The number of likely N-dealkylation sites (N-methyl/N-ethyl adjacent to an activating group) is 1. The number of nitrogens with one attached hydrogen (secondary N) is 2. The van der Waals surface area contributed by atoms with Gasteiger partial charge in [-0.1, -0.05) is 41.4 Å². The molecule has 0 unspecified atom stereocenters. The van der Waals surface area contributed by atoms with Gasteiger partial charge in [-0.15, -0.1) is 0 Å². The molecule has 0 aliphatic rings. The van der Waals surface area contributed by atoms with Gasteiger partial charge in [0.05, 0.1) is 16.3 Å². The molecule has 2 N–H and O–H groups in total. The smallest absolute Gasteiger partial charge is 0.352 e. The second-order valence-corrected chi connectivity index (χ2v) is 7.51. The van der Waals surface area contributed by atoms with Crippen LogP contribution >= 0.6 is 23.2 Å². The van der Waals surface area contributed by atoms with Crippen LogP contribution in [0, 0.1) is 0 Å². The molecule has 0 bridgehead atoms. The molecule has 2 amide bonds. The third-order valence-corrected chi connectivity index (χ3v) is 5.32. The number of hydrogen-bond donors (Lipinski definition) is 2. The van der Waals surface area contributed by atoms with E-state index in [1.807, 2.05) is 18.2 Å². The summed E-state index contributed by atoms with van der Waals surface area (Å²) in [5.41, 5.74) is -0.319. The van der Waals surface area contributed by atoms with E-state index in [4.69, 9.17) is 23.2 Å². The summed E-state index contributed by atoms with van der Waals surface area (Å²) in [6.45, 7) is -0.141. The van der Waals surface area contributed by atoms with Crippen molar-refractivity contribution in [2.75, 3.05) is 13.6 Å². The van der Waals surface area contributed by atoms with E-state index < -0.39 is 29.6 Å². The van der Waals surface area contributed by atoms with Gasteiger partial charge < -0.3 is 10.6 Å². The number of carbonyl (C=O) groups is 2. The lowest BCUT2D eigenvalue weighted by Gasteiger charge is -2.11. The minimum Gasteiger partial charge on any atom is -0.358 e. The molecule has 1 heterocycles. The van der Waals surface area contributed by atoms with Gasteiger partial charge in [0.2, 0.25) is 5.91 Å². The number of nitrogens with zero attached hydrogens (tertiary/aromatic N) is 3. The molecule has 9 nitrogen and oxygen atoms in total. The number of hydrogen-bond acceptors (Lipinski definition) is 5. The molecule has 3 rings (SSSR count). The lowest BCUT2D eigenvalue weighted by atomic mass is 10.1. The van der Waals surface area contributed by atoms with Gasteiger partial charge in [0.15, 0.2) is 0 Å². The second kappa shape index (κ2) is 10.3. The standard InChI is InChI=1S/C21H19Cl2N5O4/c1-24-18(29)12-27-19(30)11-26-28(21(27)32)14-6-7-17(23)15(10-14)20(31)25-9-8-13-4-2-3-5-16(13)22/h2-7,10-11H,8-9,12H2,1H3,(H,24,29)(H,25,31). The molecule has 0 atom stereocenters. The predicted octanol–water partition coefficient (Wildman–Crippen LogP) is 1.42. The Balaban J connectivity index is 1.84. The molecule has 0 aliphatic carbocycles. The average Bonchev–Trinajstić information content (AvgIpc) is 2.78. The first-order valence-corrected chi connectivity index (χ1v) is 10.3. The Labute approximate surface area is 192 Å². The zero-order valence-corrected chi connectivity index (χ0v) is 18.5. The van der Waals surface area contributed by atoms with E-state index in [0.29, 0.717) is 18.0 Å². The first kappa shape index (κ1) is 23.2. The minimum absolute atomic E-state index is 0.126. The van der Waals surface area contributed by atoms with Crippen molar-refractivity contribution in [2.24, 2.45) is 0 Å². The third-order valence-electron chi connectivity index (χ3n) is 4.62. The van der Waals surface area contributed by atoms with Gasteiger partial charge >= 0.3 is 5.69 Å². The van der Waals surface area contributed by atoms with Gasteiger partial charge in [-0.05, 0) is 36.2 Å². The van der Waals surface area contributed by atoms with Crippen LogP contribution in [0.5, 0.6) is 0 Å². The minimum atomic E-state index is -0.825. The fourth-order valence-corrected chi connectivity index (χ4v) is 3.34. The van der Waals surface area contributed by atoms with E-state index in [1.165, 1.54) is 25.2 Å². The summed E-state index contributed by atoms with van der Waals surface area (Å²) in [6, 6.07) is 11.6. The molecular weight excluding hydrogens is 457 g/mol. The maximum Gasteiger partial charge on any atom is 0.352 e. The number of halogens is 2. The highest BCUT2D eigenvalue weighted by Crippen LogP contribution is 2.19. The zero-order chi connectivity index (χ0) is 23.3. The molecule has 0 aliphatic heterocycles. The molecule has 0 fully saturated rings. The highest BCUT2D eigenvalue weighted by atomic mass is 35.5. The van der Waals surface area contributed by atoms with Gasteiger partial charge in [-0.25, -0.2) is 9.36 Å². The van der Waals surface area contributed by atoms with Crippen LogP contribution in [0.3, 0.4) is 0 Å². The summed E-state index contributed by atoms with van der Waals surface area (Å²) in [5.74, 6) is -0.965. The number of rotatable bonds is 7. The quantitative estimate of drug-likeness (QED) is 0.536. The van der Waals surface area contributed by atoms with Crippen LogP contribution in [0.15, 0.2) is 58.3 Å². The van der Waals surface area contributed by atoms with Crippen LogP contribution in [0.1, 0.15) is 15.9 Å². The molecule has 0 spiro atoms. The second-order valence-electron chi connectivity index (χ2n) is 6.70. The van der Waals surface area contributed by atoms with Crippen LogP contribution in [0.4, 0.5) is 0 Å². The lowest BCUT2D eigenvalue weighted by molar-refractivity contribution is -0.121. The van der Waals surface area contributed by atoms with Gasteiger partial charge in [0.1, 0.15) is 12.7 Å². The van der Waals surface area contributed by atoms with Crippen molar-refractivity contribution in [1.82, 2.24) is 25.0 Å². The van der Waals surface area contributed by atoms with Crippen LogP contribution in [0.2, 0.25) is 10.0 Å². The highest BCUT2D eigenvalue weighted by Gasteiger charge is 2.15. The molecule has 166 valence electrons. The Hall–Kier alpha value is -3.43. The summed E-state index contributed by atoms with van der Waals surface area (Å²) in [7, 11) is 1.39. The van der Waals surface area contributed by atoms with Crippen molar-refractivity contribution in [2.45, 2.75) is 13.0 Å². The van der Waals surface area contributed by atoms with E-state index in [1.54, 1.807) is 6.07 Å². The predicted molar refractivity (Wildman–Crippen MR) is 121 cm³/mol. The van der Waals surface area contributed by atoms with Gasteiger partial charge in [-0.3, -0.25) is 14.4 Å². The van der Waals surface area contributed by atoms with Crippen molar-refractivity contribution >= 4 is 35.0 Å².